The van der Waals surface area contributed by atoms with Crippen molar-refractivity contribution in [3.8, 4) is 17.1 Å². The van der Waals surface area contributed by atoms with Gasteiger partial charge in [0, 0.05) is 17.7 Å². The number of hydrogen-bond donors (Lipinski definition) is 1. The number of rotatable bonds is 3. The maximum atomic E-state index is 5.67. The van der Waals surface area contributed by atoms with Gasteiger partial charge in [-0.3, -0.25) is 9.97 Å². The first-order valence-corrected chi connectivity index (χ1v) is 10.0. The number of methoxy groups -OCH3 is 1. The molecule has 4 aromatic heterocycles. The third-order valence-corrected chi connectivity index (χ3v) is 5.64. The van der Waals surface area contributed by atoms with E-state index in [0.717, 1.165) is 71.0 Å². The van der Waals surface area contributed by atoms with Crippen molar-refractivity contribution in [1.82, 2.24) is 29.9 Å². The highest BCUT2D eigenvalue weighted by Gasteiger charge is 2.19. The smallest absolute Gasteiger partial charge is 0.149 e. The number of pyridine rings is 2. The minimum atomic E-state index is 0.503. The summed E-state index contributed by atoms with van der Waals surface area (Å²) in [4.78, 5) is 14.3. The third kappa shape index (κ3) is 3.21. The van der Waals surface area contributed by atoms with Crippen LogP contribution >= 0.6 is 0 Å². The molecular formula is C22H24N6O. The number of piperidine rings is 1. The lowest BCUT2D eigenvalue weighted by Gasteiger charge is -2.22. The van der Waals surface area contributed by atoms with Gasteiger partial charge < -0.3 is 10.1 Å². The second-order valence-electron chi connectivity index (χ2n) is 7.66. The summed E-state index contributed by atoms with van der Waals surface area (Å²) in [5.74, 6) is 1.18. The third-order valence-electron chi connectivity index (χ3n) is 5.64. The first-order valence-electron chi connectivity index (χ1n) is 10.0. The number of aromatic nitrogens is 5. The van der Waals surface area contributed by atoms with Crippen molar-refractivity contribution in [3.05, 3.63) is 47.5 Å². The largest absolute Gasteiger partial charge is 0.494 e. The van der Waals surface area contributed by atoms with Crippen LogP contribution < -0.4 is 10.1 Å². The minimum absolute atomic E-state index is 0.503. The van der Waals surface area contributed by atoms with Crippen LogP contribution in [0.4, 0.5) is 0 Å². The standard InChI is InChI=1S/C22H24N6O/c1-13-12-28-20(14(2)24-13)10-19(27-28)22-21(29-3)11-18-17(26-22)5-4-16(25-18)15-6-8-23-9-7-15/h4-5,10-12,15,23H,6-9H2,1-3H3. The van der Waals surface area contributed by atoms with Gasteiger partial charge in [-0.05, 0) is 58.0 Å². The van der Waals surface area contributed by atoms with Crippen molar-refractivity contribution >= 4 is 16.6 Å². The van der Waals surface area contributed by atoms with Gasteiger partial charge >= 0.3 is 0 Å². The minimum Gasteiger partial charge on any atom is -0.494 e. The second kappa shape index (κ2) is 7.08. The van der Waals surface area contributed by atoms with Crippen LogP contribution in [0.25, 0.3) is 27.9 Å². The lowest BCUT2D eigenvalue weighted by atomic mass is 9.94. The van der Waals surface area contributed by atoms with Gasteiger partial charge in [0.15, 0.2) is 0 Å². The van der Waals surface area contributed by atoms with E-state index < -0.39 is 0 Å². The lowest BCUT2D eigenvalue weighted by Crippen LogP contribution is -2.27. The maximum Gasteiger partial charge on any atom is 0.149 e. The number of nitrogens with zero attached hydrogens (tertiary/aromatic N) is 5. The van der Waals surface area contributed by atoms with Crippen molar-refractivity contribution in [2.24, 2.45) is 0 Å². The van der Waals surface area contributed by atoms with Crippen LogP contribution in [0.15, 0.2) is 30.5 Å². The molecule has 1 N–H and O–H groups in total. The number of hydrogen-bond acceptors (Lipinski definition) is 6. The van der Waals surface area contributed by atoms with Gasteiger partial charge in [0.2, 0.25) is 0 Å². The quantitative estimate of drug-likeness (QED) is 0.579. The Kier molecular flexibility index (Phi) is 4.39. The summed E-state index contributed by atoms with van der Waals surface area (Å²) in [6.45, 7) is 6.05. The van der Waals surface area contributed by atoms with Crippen LogP contribution in [-0.2, 0) is 0 Å². The van der Waals surface area contributed by atoms with Gasteiger partial charge in [0.05, 0.1) is 41.2 Å². The SMILES string of the molecule is COc1cc2nc(C3CCNCC3)ccc2nc1-c1cc2c(C)nc(C)cn2n1. The van der Waals surface area contributed by atoms with Crippen molar-refractivity contribution in [2.45, 2.75) is 32.6 Å². The summed E-state index contributed by atoms with van der Waals surface area (Å²) in [6.07, 6.45) is 4.16. The summed E-state index contributed by atoms with van der Waals surface area (Å²) >= 11 is 0. The zero-order valence-corrected chi connectivity index (χ0v) is 16.9. The molecule has 1 aliphatic heterocycles. The molecule has 148 valence electrons. The van der Waals surface area contributed by atoms with Crippen molar-refractivity contribution in [1.29, 1.82) is 0 Å². The first kappa shape index (κ1) is 18.0. The molecule has 1 fully saturated rings. The Hall–Kier alpha value is -3.06. The molecule has 7 nitrogen and oxygen atoms in total. The summed E-state index contributed by atoms with van der Waals surface area (Å²) in [7, 11) is 1.66. The Morgan fingerprint density at radius 2 is 1.86 bits per heavy atom. The second-order valence-corrected chi connectivity index (χ2v) is 7.66. The van der Waals surface area contributed by atoms with E-state index in [1.165, 1.54) is 0 Å². The van der Waals surface area contributed by atoms with Crippen LogP contribution in [-0.4, -0.2) is 44.8 Å². The molecule has 0 aromatic carbocycles. The van der Waals surface area contributed by atoms with Crippen molar-refractivity contribution < 1.29 is 4.74 Å². The van der Waals surface area contributed by atoms with Crippen molar-refractivity contribution in [3.63, 3.8) is 0 Å². The molecule has 0 aliphatic carbocycles. The summed E-state index contributed by atoms with van der Waals surface area (Å²) < 4.78 is 7.52. The highest BCUT2D eigenvalue weighted by molar-refractivity contribution is 5.82. The predicted octanol–water partition coefficient (Wildman–Crippen LogP) is 3.43. The van der Waals surface area contributed by atoms with E-state index in [1.807, 2.05) is 36.7 Å². The molecule has 4 aromatic rings. The number of fused-ring (bicyclic) bond motifs is 2. The molecule has 0 spiro atoms. The number of aryl methyl sites for hydroxylation is 2. The van der Waals surface area contributed by atoms with E-state index in [4.69, 9.17) is 19.8 Å². The number of ether oxygens (including phenoxy) is 1. The van der Waals surface area contributed by atoms with Crippen LogP contribution in [0.2, 0.25) is 0 Å². The molecule has 29 heavy (non-hydrogen) atoms. The fourth-order valence-electron chi connectivity index (χ4n) is 4.14. The van der Waals surface area contributed by atoms with Gasteiger partial charge in [-0.25, -0.2) is 9.50 Å². The topological polar surface area (TPSA) is 77.2 Å². The van der Waals surface area contributed by atoms with Crippen LogP contribution in [0.1, 0.15) is 35.8 Å². The molecule has 0 atom stereocenters. The number of nitrogens with one attached hydrogen (secondary N) is 1. The molecule has 7 heteroatoms. The van der Waals surface area contributed by atoms with E-state index >= 15 is 0 Å². The lowest BCUT2D eigenvalue weighted by molar-refractivity contribution is 0.415. The molecule has 0 unspecified atom stereocenters. The molecule has 1 saturated heterocycles. The Bertz CT molecular complexity index is 1210. The Labute approximate surface area is 169 Å². The van der Waals surface area contributed by atoms with Gasteiger partial charge in [0.25, 0.3) is 0 Å². The molecule has 5 heterocycles. The summed E-state index contributed by atoms with van der Waals surface area (Å²) in [6, 6.07) is 8.16. The van der Waals surface area contributed by atoms with Gasteiger partial charge in [-0.15, -0.1) is 0 Å². The van der Waals surface area contributed by atoms with E-state index in [9.17, 15) is 0 Å². The predicted molar refractivity (Wildman–Crippen MR) is 112 cm³/mol. The van der Waals surface area contributed by atoms with E-state index in [0.29, 0.717) is 11.7 Å². The molecule has 0 saturated carbocycles. The van der Waals surface area contributed by atoms with Crippen molar-refractivity contribution in [2.75, 3.05) is 20.2 Å². The summed E-state index contributed by atoms with van der Waals surface area (Å²) in [5, 5.41) is 8.13. The first-order chi connectivity index (χ1) is 14.1. The van der Waals surface area contributed by atoms with E-state index in [2.05, 4.69) is 22.4 Å². The molecule has 5 rings (SSSR count). The summed E-state index contributed by atoms with van der Waals surface area (Å²) in [5.41, 5.74) is 7.17. The van der Waals surface area contributed by atoms with Crippen LogP contribution in [0.3, 0.4) is 0 Å². The van der Waals surface area contributed by atoms with Gasteiger partial charge in [0.1, 0.15) is 17.1 Å². The monoisotopic (exact) mass is 388 g/mol. The fraction of sp³-hybridized carbons (Fsp3) is 0.364. The van der Waals surface area contributed by atoms with E-state index in [1.54, 1.807) is 7.11 Å². The average molecular weight is 388 g/mol. The Balaban J connectivity index is 1.61. The van der Waals surface area contributed by atoms with Crippen LogP contribution in [0, 0.1) is 13.8 Å². The van der Waals surface area contributed by atoms with E-state index in [-0.39, 0.29) is 0 Å². The fourth-order valence-corrected chi connectivity index (χ4v) is 4.14. The Morgan fingerprint density at radius 1 is 1.03 bits per heavy atom. The highest BCUT2D eigenvalue weighted by Crippen LogP contribution is 2.32. The molecule has 0 radical (unpaired) electrons. The average Bonchev–Trinajstić information content (AvgIpc) is 3.17. The van der Waals surface area contributed by atoms with Gasteiger partial charge in [-0.1, -0.05) is 0 Å². The maximum absolute atomic E-state index is 5.67. The zero-order valence-electron chi connectivity index (χ0n) is 16.9. The van der Waals surface area contributed by atoms with Crippen LogP contribution in [0.5, 0.6) is 5.75 Å². The van der Waals surface area contributed by atoms with Gasteiger partial charge in [-0.2, -0.15) is 5.10 Å². The highest BCUT2D eigenvalue weighted by atomic mass is 16.5. The molecule has 0 bridgehead atoms. The normalized spacial score (nSPS) is 15.3. The Morgan fingerprint density at radius 3 is 2.66 bits per heavy atom. The molecular weight excluding hydrogens is 364 g/mol. The molecule has 0 amide bonds. The zero-order chi connectivity index (χ0) is 20.0. The molecule has 1 aliphatic rings.